The van der Waals surface area contributed by atoms with Crippen molar-refractivity contribution < 1.29 is 14.3 Å². The zero-order valence-electron chi connectivity index (χ0n) is 15.2. The van der Waals surface area contributed by atoms with Crippen LogP contribution in [-0.2, 0) is 11.2 Å². The molecule has 2 aromatic rings. The predicted molar refractivity (Wildman–Crippen MR) is 100 cm³/mol. The first kappa shape index (κ1) is 19.3. The molecule has 2 aromatic carbocycles. The van der Waals surface area contributed by atoms with E-state index in [0.29, 0.717) is 26.2 Å². The molecule has 26 heavy (non-hydrogen) atoms. The molecule has 0 saturated heterocycles. The highest BCUT2D eigenvalue weighted by atomic mass is 16.5. The van der Waals surface area contributed by atoms with Gasteiger partial charge in [0.1, 0.15) is 31.1 Å². The number of para-hydroxylation sites is 1. The summed E-state index contributed by atoms with van der Waals surface area (Å²) in [6.07, 6.45) is 0.615. The molecule has 0 unspecified atom stereocenters. The van der Waals surface area contributed by atoms with Gasteiger partial charge in [0.15, 0.2) is 0 Å². The molecule has 0 spiro atoms. The number of amides is 1. The Bertz CT molecular complexity index is 744. The third-order valence-electron chi connectivity index (χ3n) is 3.91. The van der Waals surface area contributed by atoms with Gasteiger partial charge in [-0.3, -0.25) is 4.79 Å². The van der Waals surface area contributed by atoms with Crippen molar-refractivity contribution in [2.75, 3.05) is 19.8 Å². The number of aryl methyl sites for hydroxylation is 2. The van der Waals surface area contributed by atoms with Crippen LogP contribution in [0.5, 0.6) is 11.5 Å². The fourth-order valence-electron chi connectivity index (χ4n) is 2.56. The summed E-state index contributed by atoms with van der Waals surface area (Å²) in [5.41, 5.74) is 3.34. The summed E-state index contributed by atoms with van der Waals surface area (Å²) in [5.74, 6) is 1.47. The highest BCUT2D eigenvalue weighted by Gasteiger charge is 2.03. The van der Waals surface area contributed by atoms with Crippen LogP contribution >= 0.6 is 0 Å². The Labute approximate surface area is 154 Å². The molecule has 1 N–H and O–H groups in total. The third kappa shape index (κ3) is 6.14. The third-order valence-corrected chi connectivity index (χ3v) is 3.91. The summed E-state index contributed by atoms with van der Waals surface area (Å²) in [7, 11) is 0. The Balaban J connectivity index is 1.70. The Hall–Kier alpha value is -3.00. The van der Waals surface area contributed by atoms with Gasteiger partial charge in [-0.05, 0) is 49.1 Å². The largest absolute Gasteiger partial charge is 0.490 e. The fourth-order valence-corrected chi connectivity index (χ4v) is 2.56. The van der Waals surface area contributed by atoms with Crippen molar-refractivity contribution in [2.24, 2.45) is 0 Å². The lowest BCUT2D eigenvalue weighted by atomic mass is 10.1. The van der Waals surface area contributed by atoms with E-state index < -0.39 is 0 Å². The van der Waals surface area contributed by atoms with E-state index >= 15 is 0 Å². The number of hydrogen-bond acceptors (Lipinski definition) is 4. The standard InChI is InChI=1S/C21H24N2O3/c1-16-4-3-5-17(2)21(16)26-15-14-25-19-8-6-18(7-9-19)11-13-23-20(24)10-12-22/h3-9H,10-11,13-15H2,1-2H3,(H,23,24). The molecule has 0 atom stereocenters. The van der Waals surface area contributed by atoms with Gasteiger partial charge in [-0.2, -0.15) is 5.26 Å². The first-order valence-electron chi connectivity index (χ1n) is 8.64. The molecule has 1 amide bonds. The summed E-state index contributed by atoms with van der Waals surface area (Å²) in [6.45, 7) is 5.54. The molecular formula is C21H24N2O3. The minimum absolute atomic E-state index is 0.100. The fraction of sp³-hybridized carbons (Fsp3) is 0.333. The predicted octanol–water partition coefficient (Wildman–Crippen LogP) is 3.33. The van der Waals surface area contributed by atoms with Gasteiger partial charge in [0, 0.05) is 6.54 Å². The van der Waals surface area contributed by atoms with Crippen molar-refractivity contribution in [3.63, 3.8) is 0 Å². The molecular weight excluding hydrogens is 328 g/mol. The van der Waals surface area contributed by atoms with E-state index in [1.807, 2.05) is 62.4 Å². The number of benzene rings is 2. The van der Waals surface area contributed by atoms with E-state index in [4.69, 9.17) is 14.7 Å². The molecule has 0 radical (unpaired) electrons. The van der Waals surface area contributed by atoms with Crippen molar-refractivity contribution in [1.29, 1.82) is 5.26 Å². The van der Waals surface area contributed by atoms with E-state index in [0.717, 1.165) is 28.2 Å². The summed E-state index contributed by atoms with van der Waals surface area (Å²) >= 11 is 0. The SMILES string of the molecule is Cc1cccc(C)c1OCCOc1ccc(CCNC(=O)CC#N)cc1. The first-order chi connectivity index (χ1) is 12.6. The van der Waals surface area contributed by atoms with Gasteiger partial charge in [0.2, 0.25) is 5.91 Å². The van der Waals surface area contributed by atoms with Crippen molar-refractivity contribution in [1.82, 2.24) is 5.32 Å². The smallest absolute Gasteiger partial charge is 0.234 e. The monoisotopic (exact) mass is 352 g/mol. The number of rotatable bonds is 9. The summed E-state index contributed by atoms with van der Waals surface area (Å²) in [5, 5.41) is 11.1. The second-order valence-corrected chi connectivity index (χ2v) is 6.00. The van der Waals surface area contributed by atoms with Crippen molar-refractivity contribution in [3.8, 4) is 17.6 Å². The lowest BCUT2D eigenvalue weighted by Crippen LogP contribution is -2.24. The van der Waals surface area contributed by atoms with Gasteiger partial charge >= 0.3 is 0 Å². The minimum atomic E-state index is -0.239. The van der Waals surface area contributed by atoms with Crippen molar-refractivity contribution in [3.05, 3.63) is 59.2 Å². The molecule has 0 fully saturated rings. The minimum Gasteiger partial charge on any atom is -0.490 e. The van der Waals surface area contributed by atoms with Crippen LogP contribution in [0.1, 0.15) is 23.1 Å². The number of carbonyl (C=O) groups excluding carboxylic acids is 1. The summed E-state index contributed by atoms with van der Waals surface area (Å²) < 4.78 is 11.5. The molecule has 136 valence electrons. The van der Waals surface area contributed by atoms with Crippen molar-refractivity contribution in [2.45, 2.75) is 26.7 Å². The van der Waals surface area contributed by atoms with Crippen LogP contribution in [0.3, 0.4) is 0 Å². The van der Waals surface area contributed by atoms with Gasteiger partial charge in [-0.1, -0.05) is 30.3 Å². The molecule has 0 heterocycles. The maximum Gasteiger partial charge on any atom is 0.234 e. The van der Waals surface area contributed by atoms with E-state index in [9.17, 15) is 4.79 Å². The lowest BCUT2D eigenvalue weighted by Gasteiger charge is -2.12. The zero-order chi connectivity index (χ0) is 18.8. The molecule has 0 aliphatic rings. The van der Waals surface area contributed by atoms with Crippen LogP contribution in [0.2, 0.25) is 0 Å². The summed E-state index contributed by atoms with van der Waals surface area (Å²) in [6, 6.07) is 15.7. The second-order valence-electron chi connectivity index (χ2n) is 6.00. The zero-order valence-corrected chi connectivity index (χ0v) is 15.2. The highest BCUT2D eigenvalue weighted by Crippen LogP contribution is 2.22. The molecule has 0 aliphatic heterocycles. The highest BCUT2D eigenvalue weighted by molar-refractivity contribution is 5.77. The van der Waals surface area contributed by atoms with E-state index in [1.165, 1.54) is 0 Å². The van der Waals surface area contributed by atoms with Gasteiger partial charge in [-0.15, -0.1) is 0 Å². The number of ether oxygens (including phenoxy) is 2. The number of nitrogens with one attached hydrogen (secondary N) is 1. The van der Waals surface area contributed by atoms with Gasteiger partial charge in [-0.25, -0.2) is 0 Å². The second kappa shape index (κ2) is 10.1. The van der Waals surface area contributed by atoms with Crippen LogP contribution in [0.4, 0.5) is 0 Å². The average Bonchev–Trinajstić information content (AvgIpc) is 2.62. The van der Waals surface area contributed by atoms with Gasteiger partial charge in [0.05, 0.1) is 6.07 Å². The molecule has 5 heteroatoms. The molecule has 5 nitrogen and oxygen atoms in total. The Morgan fingerprint density at radius 2 is 1.69 bits per heavy atom. The van der Waals surface area contributed by atoms with Crippen LogP contribution in [0.25, 0.3) is 0 Å². The van der Waals surface area contributed by atoms with E-state index in [1.54, 1.807) is 0 Å². The van der Waals surface area contributed by atoms with Gasteiger partial charge in [0.25, 0.3) is 0 Å². The first-order valence-corrected chi connectivity index (χ1v) is 8.64. The van der Waals surface area contributed by atoms with Crippen LogP contribution in [0.15, 0.2) is 42.5 Å². The van der Waals surface area contributed by atoms with Gasteiger partial charge < -0.3 is 14.8 Å². The molecule has 0 aliphatic carbocycles. The average molecular weight is 352 g/mol. The van der Waals surface area contributed by atoms with E-state index in [2.05, 4.69) is 5.32 Å². The normalized spacial score (nSPS) is 10.0. The quantitative estimate of drug-likeness (QED) is 0.703. The van der Waals surface area contributed by atoms with Crippen LogP contribution in [-0.4, -0.2) is 25.7 Å². The van der Waals surface area contributed by atoms with Crippen LogP contribution in [0, 0.1) is 25.2 Å². The summed E-state index contributed by atoms with van der Waals surface area (Å²) in [4.78, 5) is 11.2. The number of carbonyl (C=O) groups is 1. The number of hydrogen-bond donors (Lipinski definition) is 1. The van der Waals surface area contributed by atoms with Crippen LogP contribution < -0.4 is 14.8 Å². The molecule has 0 aromatic heterocycles. The Morgan fingerprint density at radius 1 is 1.04 bits per heavy atom. The van der Waals surface area contributed by atoms with Crippen molar-refractivity contribution >= 4 is 5.91 Å². The number of nitriles is 1. The maximum atomic E-state index is 11.2. The molecule has 0 bridgehead atoms. The lowest BCUT2D eigenvalue weighted by molar-refractivity contribution is -0.120. The molecule has 2 rings (SSSR count). The molecule has 0 saturated carbocycles. The Kier molecular flexibility index (Phi) is 7.50. The number of nitrogens with zero attached hydrogens (tertiary/aromatic N) is 1. The maximum absolute atomic E-state index is 11.2. The van der Waals surface area contributed by atoms with E-state index in [-0.39, 0.29) is 12.3 Å². The topological polar surface area (TPSA) is 71.3 Å². The Morgan fingerprint density at radius 3 is 2.35 bits per heavy atom.